The van der Waals surface area contributed by atoms with Gasteiger partial charge in [0.2, 0.25) is 0 Å². The van der Waals surface area contributed by atoms with E-state index in [0.717, 1.165) is 30.3 Å². The standard InChI is InChI=1S/C27H27N5O4S/c1-17-23(37-24(30-17)19-15-28-9-10-29-19)26(34)32-13-8-27(16-32)6-11-31(12-7-27)25(33)21-14-18-4-3-5-20(35-2)22(18)36-21/h3-5,9-10,14-15H,6-8,11-13,16H2,1-2H3. The molecular weight excluding hydrogens is 490 g/mol. The van der Waals surface area contributed by atoms with Crippen molar-refractivity contribution in [3.8, 4) is 16.5 Å². The largest absolute Gasteiger partial charge is 0.493 e. The first-order valence-corrected chi connectivity index (χ1v) is 13.2. The molecule has 9 nitrogen and oxygen atoms in total. The lowest BCUT2D eigenvalue weighted by molar-refractivity contribution is 0.0542. The fourth-order valence-corrected chi connectivity index (χ4v) is 6.41. The van der Waals surface area contributed by atoms with Gasteiger partial charge >= 0.3 is 0 Å². The number of aryl methyl sites for hydroxylation is 1. The van der Waals surface area contributed by atoms with Crippen molar-refractivity contribution < 1.29 is 18.7 Å². The molecule has 6 rings (SSSR count). The fourth-order valence-electron chi connectivity index (χ4n) is 5.42. The minimum Gasteiger partial charge on any atom is -0.493 e. The predicted molar refractivity (Wildman–Crippen MR) is 139 cm³/mol. The van der Waals surface area contributed by atoms with E-state index in [9.17, 15) is 9.59 Å². The third kappa shape index (κ3) is 4.25. The van der Waals surface area contributed by atoms with E-state index in [4.69, 9.17) is 9.15 Å². The summed E-state index contributed by atoms with van der Waals surface area (Å²) in [4.78, 5) is 44.1. The topological polar surface area (TPSA) is 102 Å². The Kier molecular flexibility index (Phi) is 5.91. The summed E-state index contributed by atoms with van der Waals surface area (Å²) in [6.45, 7) is 4.57. The summed E-state index contributed by atoms with van der Waals surface area (Å²) in [5.41, 5.74) is 2.02. The summed E-state index contributed by atoms with van der Waals surface area (Å²) in [6.07, 6.45) is 7.56. The van der Waals surface area contributed by atoms with Gasteiger partial charge in [-0.3, -0.25) is 19.6 Å². The molecule has 4 aromatic rings. The van der Waals surface area contributed by atoms with E-state index >= 15 is 0 Å². The van der Waals surface area contributed by atoms with Crippen LogP contribution in [0, 0.1) is 12.3 Å². The first kappa shape index (κ1) is 23.6. The van der Waals surface area contributed by atoms with Crippen molar-refractivity contribution >= 4 is 34.1 Å². The zero-order chi connectivity index (χ0) is 25.6. The normalized spacial score (nSPS) is 17.0. The van der Waals surface area contributed by atoms with Gasteiger partial charge in [0, 0.05) is 44.0 Å². The second kappa shape index (κ2) is 9.26. The highest BCUT2D eigenvalue weighted by molar-refractivity contribution is 7.17. The molecule has 2 fully saturated rings. The summed E-state index contributed by atoms with van der Waals surface area (Å²) in [6, 6.07) is 7.40. The van der Waals surface area contributed by atoms with Gasteiger partial charge in [-0.1, -0.05) is 12.1 Å². The van der Waals surface area contributed by atoms with Crippen molar-refractivity contribution in [3.63, 3.8) is 0 Å². The van der Waals surface area contributed by atoms with Crippen LogP contribution < -0.4 is 4.74 Å². The van der Waals surface area contributed by atoms with Crippen LogP contribution in [-0.2, 0) is 0 Å². The number of benzene rings is 1. The minimum absolute atomic E-state index is 0.0248. The Morgan fingerprint density at radius 3 is 2.59 bits per heavy atom. The number of carbonyl (C=O) groups is 2. The van der Waals surface area contributed by atoms with Crippen molar-refractivity contribution in [3.05, 3.63) is 59.2 Å². The summed E-state index contributed by atoms with van der Waals surface area (Å²) in [7, 11) is 1.59. The summed E-state index contributed by atoms with van der Waals surface area (Å²) < 4.78 is 11.2. The molecule has 0 saturated carbocycles. The van der Waals surface area contributed by atoms with Gasteiger partial charge < -0.3 is 19.0 Å². The third-order valence-electron chi connectivity index (χ3n) is 7.55. The quantitative estimate of drug-likeness (QED) is 0.395. The first-order valence-electron chi connectivity index (χ1n) is 12.4. The van der Waals surface area contributed by atoms with Gasteiger partial charge in [0.05, 0.1) is 19.0 Å². The van der Waals surface area contributed by atoms with Gasteiger partial charge in [0.15, 0.2) is 17.1 Å². The van der Waals surface area contributed by atoms with E-state index in [-0.39, 0.29) is 17.2 Å². The van der Waals surface area contributed by atoms with E-state index in [1.165, 1.54) is 11.3 Å². The molecule has 0 aliphatic carbocycles. The second-order valence-corrected chi connectivity index (χ2v) is 10.8. The van der Waals surface area contributed by atoms with Crippen LogP contribution in [0.5, 0.6) is 5.75 Å². The number of methoxy groups -OCH3 is 1. The van der Waals surface area contributed by atoms with Crippen molar-refractivity contribution in [2.24, 2.45) is 5.41 Å². The zero-order valence-corrected chi connectivity index (χ0v) is 21.6. The van der Waals surface area contributed by atoms with Gasteiger partial charge in [-0.25, -0.2) is 4.98 Å². The van der Waals surface area contributed by atoms with Crippen LogP contribution in [0.2, 0.25) is 0 Å². The van der Waals surface area contributed by atoms with E-state index in [0.29, 0.717) is 58.9 Å². The molecular formula is C27H27N5O4S. The van der Waals surface area contributed by atoms with E-state index in [2.05, 4.69) is 15.0 Å². The number of amides is 2. The first-order chi connectivity index (χ1) is 18.0. The molecule has 0 radical (unpaired) electrons. The number of likely N-dealkylation sites (tertiary alicyclic amines) is 2. The second-order valence-electron chi connectivity index (χ2n) is 9.78. The summed E-state index contributed by atoms with van der Waals surface area (Å²) in [5.74, 6) is 0.871. The average Bonchev–Trinajstić information content (AvgIpc) is 3.66. The van der Waals surface area contributed by atoms with Crippen LogP contribution in [-0.4, -0.2) is 69.9 Å². The van der Waals surface area contributed by atoms with Gasteiger partial charge in [-0.05, 0) is 43.7 Å². The number of thiazole rings is 1. The molecule has 1 spiro atoms. The number of carbonyl (C=O) groups excluding carboxylic acids is 2. The number of piperidine rings is 1. The Morgan fingerprint density at radius 1 is 1.08 bits per heavy atom. The van der Waals surface area contributed by atoms with Crippen molar-refractivity contribution in [2.45, 2.75) is 26.2 Å². The monoisotopic (exact) mass is 517 g/mol. The molecule has 0 N–H and O–H groups in total. The lowest BCUT2D eigenvalue weighted by Crippen LogP contribution is -2.44. The van der Waals surface area contributed by atoms with Gasteiger partial charge in [0.1, 0.15) is 15.6 Å². The molecule has 2 aliphatic rings. The maximum atomic E-state index is 13.4. The molecule has 37 heavy (non-hydrogen) atoms. The predicted octanol–water partition coefficient (Wildman–Crippen LogP) is 4.43. The Labute approximate surface area is 218 Å². The summed E-state index contributed by atoms with van der Waals surface area (Å²) in [5, 5.41) is 1.56. The summed E-state index contributed by atoms with van der Waals surface area (Å²) >= 11 is 1.37. The Balaban J connectivity index is 1.11. The molecule has 10 heteroatoms. The lowest BCUT2D eigenvalue weighted by Gasteiger charge is -2.38. The molecule has 3 aromatic heterocycles. The number of hydrogen-bond acceptors (Lipinski definition) is 8. The SMILES string of the molecule is COc1cccc2cc(C(=O)N3CCC4(CC3)CCN(C(=O)c3sc(-c5cnccn5)nc3C)C4)oc12. The fraction of sp³-hybridized carbons (Fsp3) is 0.370. The molecule has 2 amide bonds. The van der Waals surface area contributed by atoms with Crippen LogP contribution in [0.1, 0.15) is 45.2 Å². The number of hydrogen-bond donors (Lipinski definition) is 0. The molecule has 0 atom stereocenters. The van der Waals surface area contributed by atoms with Crippen LogP contribution in [0.4, 0.5) is 0 Å². The Hall–Kier alpha value is -3.79. The minimum atomic E-state index is -0.101. The van der Waals surface area contributed by atoms with Crippen LogP contribution in [0.3, 0.4) is 0 Å². The number of para-hydroxylation sites is 1. The number of ether oxygens (including phenoxy) is 1. The highest BCUT2D eigenvalue weighted by atomic mass is 32.1. The maximum absolute atomic E-state index is 13.4. The maximum Gasteiger partial charge on any atom is 0.289 e. The van der Waals surface area contributed by atoms with Crippen molar-refractivity contribution in [1.29, 1.82) is 0 Å². The number of nitrogens with zero attached hydrogens (tertiary/aromatic N) is 5. The zero-order valence-electron chi connectivity index (χ0n) is 20.8. The molecule has 1 aromatic carbocycles. The molecule has 5 heterocycles. The smallest absolute Gasteiger partial charge is 0.289 e. The molecule has 0 bridgehead atoms. The average molecular weight is 518 g/mol. The van der Waals surface area contributed by atoms with Gasteiger partial charge in [0.25, 0.3) is 11.8 Å². The van der Waals surface area contributed by atoms with Crippen molar-refractivity contribution in [1.82, 2.24) is 24.8 Å². The van der Waals surface area contributed by atoms with E-state index < -0.39 is 0 Å². The van der Waals surface area contributed by atoms with E-state index in [1.807, 2.05) is 34.9 Å². The molecule has 2 saturated heterocycles. The van der Waals surface area contributed by atoms with Crippen LogP contribution in [0.25, 0.3) is 21.7 Å². The number of fused-ring (bicyclic) bond motifs is 1. The Morgan fingerprint density at radius 2 is 1.86 bits per heavy atom. The number of furan rings is 1. The highest BCUT2D eigenvalue weighted by Gasteiger charge is 2.43. The van der Waals surface area contributed by atoms with E-state index in [1.54, 1.807) is 31.8 Å². The lowest BCUT2D eigenvalue weighted by atomic mass is 9.77. The van der Waals surface area contributed by atoms with Crippen molar-refractivity contribution in [2.75, 3.05) is 33.3 Å². The number of aromatic nitrogens is 3. The number of rotatable bonds is 4. The van der Waals surface area contributed by atoms with Gasteiger partial charge in [-0.2, -0.15) is 0 Å². The Bertz CT molecular complexity index is 1470. The van der Waals surface area contributed by atoms with Gasteiger partial charge in [-0.15, -0.1) is 11.3 Å². The molecule has 0 unspecified atom stereocenters. The molecule has 2 aliphatic heterocycles. The molecule has 190 valence electrons. The van der Waals surface area contributed by atoms with Crippen LogP contribution >= 0.6 is 11.3 Å². The van der Waals surface area contributed by atoms with Crippen LogP contribution in [0.15, 0.2) is 47.3 Å². The third-order valence-corrected chi connectivity index (χ3v) is 8.72. The highest BCUT2D eigenvalue weighted by Crippen LogP contribution is 2.42.